The Hall–Kier alpha value is -0.770. The Balaban J connectivity index is 3.31. The van der Waals surface area contributed by atoms with Crippen LogP contribution in [0.25, 0.3) is 0 Å². The molecule has 0 aromatic heterocycles. The highest BCUT2D eigenvalue weighted by Crippen LogP contribution is 2.13. The van der Waals surface area contributed by atoms with Crippen LogP contribution in [0, 0.1) is 0 Å². The zero-order valence-corrected chi connectivity index (χ0v) is 8.34. The molecule has 0 spiro atoms. The van der Waals surface area contributed by atoms with E-state index in [0.29, 0.717) is 18.5 Å². The largest absolute Gasteiger partial charge is 0.694 e. The van der Waals surface area contributed by atoms with Crippen LogP contribution >= 0.6 is 8.25 Å². The van der Waals surface area contributed by atoms with Crippen LogP contribution in [0.2, 0.25) is 0 Å². The van der Waals surface area contributed by atoms with Gasteiger partial charge in [0.25, 0.3) is 0 Å². The lowest BCUT2D eigenvalue weighted by Crippen LogP contribution is -2.25. The summed E-state index contributed by atoms with van der Waals surface area (Å²) in [5.41, 5.74) is 0.439. The van der Waals surface area contributed by atoms with Gasteiger partial charge >= 0.3 is 8.25 Å². The average molecular weight is 206 g/mol. The molecule has 0 aliphatic rings. The Kier molecular flexibility index (Phi) is 6.32. The molecule has 6 heteroatoms. The molecule has 0 fully saturated rings. The molecule has 0 aliphatic carbocycles. The van der Waals surface area contributed by atoms with Gasteiger partial charge in [0.15, 0.2) is 0 Å². The third-order valence-electron chi connectivity index (χ3n) is 1.20. The van der Waals surface area contributed by atoms with Gasteiger partial charge < -0.3 is 5.32 Å². The Bertz CT molecular complexity index is 217. The van der Waals surface area contributed by atoms with Gasteiger partial charge in [0.2, 0.25) is 5.91 Å². The highest BCUT2D eigenvalue weighted by Gasteiger charge is 2.10. The highest BCUT2D eigenvalue weighted by molar-refractivity contribution is 7.32. The van der Waals surface area contributed by atoms with Gasteiger partial charge in [-0.2, -0.15) is 0 Å². The number of carbonyl (C=O) groups excluding carboxylic acids is 1. The average Bonchev–Trinajstić information content (AvgIpc) is 2.02. The summed E-state index contributed by atoms with van der Waals surface area (Å²) < 4.78 is 14.4. The van der Waals surface area contributed by atoms with Crippen LogP contribution in [-0.2, 0) is 13.9 Å². The van der Waals surface area contributed by atoms with Crippen molar-refractivity contribution in [1.29, 1.82) is 0 Å². The molecule has 13 heavy (non-hydrogen) atoms. The fourth-order valence-corrected chi connectivity index (χ4v) is 0.853. The molecule has 1 atom stereocenters. The van der Waals surface area contributed by atoms with Gasteiger partial charge in [-0.15, -0.1) is 9.42 Å². The van der Waals surface area contributed by atoms with Gasteiger partial charge in [-0.25, -0.2) is 0 Å². The predicted molar refractivity (Wildman–Crippen MR) is 48.2 cm³/mol. The SMILES string of the molecule is C=C(C)C(=O)NCCCO[P+](=O)O. The molecule has 5 nitrogen and oxygen atoms in total. The molecule has 0 radical (unpaired) electrons. The minimum atomic E-state index is -2.53. The summed E-state index contributed by atoms with van der Waals surface area (Å²) in [5, 5.41) is 2.56. The summed E-state index contributed by atoms with van der Waals surface area (Å²) in [7, 11) is -2.53. The standard InChI is InChI=1S/C7H12NO4P/c1-6(2)7(9)8-4-3-5-12-13(10)11/h1,3-5H2,2H3,(H-,8,9,10,11)/p+1. The third-order valence-corrected chi connectivity index (χ3v) is 1.60. The molecule has 2 N–H and O–H groups in total. The van der Waals surface area contributed by atoms with E-state index in [1.54, 1.807) is 6.92 Å². The number of carbonyl (C=O) groups is 1. The van der Waals surface area contributed by atoms with Crippen LogP contribution in [0.1, 0.15) is 13.3 Å². The Labute approximate surface area is 77.7 Å². The Morgan fingerprint density at radius 3 is 2.77 bits per heavy atom. The number of rotatable bonds is 6. The van der Waals surface area contributed by atoms with E-state index in [0.717, 1.165) is 0 Å². The maximum absolute atomic E-state index is 10.9. The second-order valence-corrected chi connectivity index (χ2v) is 3.19. The molecule has 0 saturated carbocycles. The van der Waals surface area contributed by atoms with Gasteiger partial charge in [-0.05, 0) is 13.3 Å². The van der Waals surface area contributed by atoms with Crippen LogP contribution in [0.5, 0.6) is 0 Å². The summed E-state index contributed by atoms with van der Waals surface area (Å²) in [6.07, 6.45) is 0.501. The van der Waals surface area contributed by atoms with Crippen molar-refractivity contribution in [2.45, 2.75) is 13.3 Å². The molecule has 0 aliphatic heterocycles. The van der Waals surface area contributed by atoms with Crippen LogP contribution in [0.4, 0.5) is 0 Å². The zero-order valence-electron chi connectivity index (χ0n) is 7.45. The number of amides is 1. The maximum atomic E-state index is 10.9. The molecule has 0 aromatic rings. The molecular weight excluding hydrogens is 193 g/mol. The molecule has 1 amide bonds. The van der Waals surface area contributed by atoms with Crippen LogP contribution in [0.15, 0.2) is 12.2 Å². The number of hydrogen-bond acceptors (Lipinski definition) is 3. The van der Waals surface area contributed by atoms with Crippen LogP contribution in [0.3, 0.4) is 0 Å². The van der Waals surface area contributed by atoms with Crippen LogP contribution < -0.4 is 5.32 Å². The lowest BCUT2D eigenvalue weighted by Gasteiger charge is -2.01. The fraction of sp³-hybridized carbons (Fsp3) is 0.571. The number of hydrogen-bond donors (Lipinski definition) is 2. The normalized spacial score (nSPS) is 10.8. The smallest absolute Gasteiger partial charge is 0.352 e. The summed E-state index contributed by atoms with van der Waals surface area (Å²) in [4.78, 5) is 19.1. The minimum absolute atomic E-state index is 0.155. The van der Waals surface area contributed by atoms with E-state index in [1.165, 1.54) is 0 Å². The number of nitrogens with one attached hydrogen (secondary N) is 1. The van der Waals surface area contributed by atoms with E-state index in [-0.39, 0.29) is 12.5 Å². The fourth-order valence-electron chi connectivity index (χ4n) is 0.568. The van der Waals surface area contributed by atoms with Crippen LogP contribution in [-0.4, -0.2) is 24.0 Å². The first kappa shape index (κ1) is 12.2. The van der Waals surface area contributed by atoms with E-state index >= 15 is 0 Å². The van der Waals surface area contributed by atoms with E-state index in [9.17, 15) is 9.36 Å². The zero-order chi connectivity index (χ0) is 10.3. The van der Waals surface area contributed by atoms with Crippen molar-refractivity contribution in [3.8, 4) is 0 Å². The molecular formula is C7H13NO4P+. The second-order valence-electron chi connectivity index (χ2n) is 2.46. The summed E-state index contributed by atoms with van der Waals surface area (Å²) >= 11 is 0. The Morgan fingerprint density at radius 2 is 2.31 bits per heavy atom. The molecule has 0 heterocycles. The van der Waals surface area contributed by atoms with Crippen molar-refractivity contribution in [3.05, 3.63) is 12.2 Å². The lowest BCUT2D eigenvalue weighted by molar-refractivity contribution is -0.117. The molecule has 74 valence electrons. The summed E-state index contributed by atoms with van der Waals surface area (Å²) in [6.45, 7) is 5.63. The predicted octanol–water partition coefficient (Wildman–Crippen LogP) is 0.735. The molecule has 1 unspecified atom stereocenters. The Morgan fingerprint density at radius 1 is 1.69 bits per heavy atom. The van der Waals surface area contributed by atoms with E-state index < -0.39 is 8.25 Å². The van der Waals surface area contributed by atoms with Gasteiger partial charge in [-0.1, -0.05) is 6.58 Å². The van der Waals surface area contributed by atoms with Crippen molar-refractivity contribution in [1.82, 2.24) is 5.32 Å². The van der Waals surface area contributed by atoms with E-state index in [2.05, 4.69) is 16.4 Å². The van der Waals surface area contributed by atoms with E-state index in [4.69, 9.17) is 4.89 Å². The third kappa shape index (κ3) is 7.59. The first-order valence-corrected chi connectivity index (χ1v) is 4.90. The molecule has 0 rings (SSSR count). The molecule has 0 saturated heterocycles. The first-order chi connectivity index (χ1) is 6.04. The van der Waals surface area contributed by atoms with Crippen molar-refractivity contribution < 1.29 is 18.8 Å². The minimum Gasteiger partial charge on any atom is -0.352 e. The van der Waals surface area contributed by atoms with Gasteiger partial charge in [-0.3, -0.25) is 4.79 Å². The van der Waals surface area contributed by atoms with Gasteiger partial charge in [0.05, 0.1) is 0 Å². The van der Waals surface area contributed by atoms with Gasteiger partial charge in [0.1, 0.15) is 6.61 Å². The van der Waals surface area contributed by atoms with Crippen molar-refractivity contribution in [3.63, 3.8) is 0 Å². The summed E-state index contributed by atoms with van der Waals surface area (Å²) in [5.74, 6) is -0.214. The quantitative estimate of drug-likeness (QED) is 0.381. The van der Waals surface area contributed by atoms with Crippen molar-refractivity contribution in [2.75, 3.05) is 13.2 Å². The second kappa shape index (κ2) is 6.71. The van der Waals surface area contributed by atoms with Crippen molar-refractivity contribution in [2.24, 2.45) is 0 Å². The molecule has 0 aromatic carbocycles. The van der Waals surface area contributed by atoms with Crippen molar-refractivity contribution >= 4 is 14.2 Å². The highest BCUT2D eigenvalue weighted by atomic mass is 31.1. The van der Waals surface area contributed by atoms with E-state index in [1.807, 2.05) is 0 Å². The first-order valence-electron chi connectivity index (χ1n) is 3.77. The maximum Gasteiger partial charge on any atom is 0.694 e. The van der Waals surface area contributed by atoms with Gasteiger partial charge in [0, 0.05) is 16.7 Å². The topological polar surface area (TPSA) is 75.6 Å². The molecule has 0 bridgehead atoms. The monoisotopic (exact) mass is 206 g/mol. The summed E-state index contributed by atoms with van der Waals surface area (Å²) in [6, 6.07) is 0. The lowest BCUT2D eigenvalue weighted by atomic mass is 10.3.